The maximum absolute atomic E-state index is 10.9. The standard InChI is InChI=1S/C9H10N4O4S/c1-18(16)5-4-10-6-2-3-7(13(14)15)9-8(6)11-17-12-9/h2-3,10H,4-5H2,1H3. The lowest BCUT2D eigenvalue weighted by Crippen LogP contribution is -2.10. The van der Waals surface area contributed by atoms with Gasteiger partial charge in [-0.1, -0.05) is 0 Å². The molecule has 0 aliphatic carbocycles. The fraction of sp³-hybridized carbons (Fsp3) is 0.333. The smallest absolute Gasteiger partial charge is 0.300 e. The molecule has 18 heavy (non-hydrogen) atoms. The summed E-state index contributed by atoms with van der Waals surface area (Å²) in [5.74, 6) is 0.476. The van der Waals surface area contributed by atoms with E-state index in [0.717, 1.165) is 0 Å². The second kappa shape index (κ2) is 5.08. The van der Waals surface area contributed by atoms with E-state index in [2.05, 4.69) is 20.3 Å². The molecule has 0 aliphatic heterocycles. The molecule has 1 unspecified atom stereocenters. The second-order valence-corrected chi connectivity index (χ2v) is 5.11. The Morgan fingerprint density at radius 3 is 2.83 bits per heavy atom. The first-order valence-electron chi connectivity index (χ1n) is 5.03. The largest absolute Gasteiger partial charge is 0.382 e. The van der Waals surface area contributed by atoms with Crippen molar-refractivity contribution in [1.29, 1.82) is 0 Å². The third-order valence-electron chi connectivity index (χ3n) is 2.30. The zero-order chi connectivity index (χ0) is 13.1. The number of anilines is 1. The van der Waals surface area contributed by atoms with Crippen molar-refractivity contribution in [1.82, 2.24) is 10.3 Å². The summed E-state index contributed by atoms with van der Waals surface area (Å²) in [5.41, 5.74) is 0.812. The third-order valence-corrected chi connectivity index (χ3v) is 3.07. The van der Waals surface area contributed by atoms with Gasteiger partial charge in [0.25, 0.3) is 0 Å². The molecule has 0 amide bonds. The van der Waals surface area contributed by atoms with Gasteiger partial charge in [-0.25, -0.2) is 4.63 Å². The van der Waals surface area contributed by atoms with E-state index in [4.69, 9.17) is 0 Å². The number of fused-ring (bicyclic) bond motifs is 1. The Balaban J connectivity index is 2.30. The Morgan fingerprint density at radius 2 is 2.17 bits per heavy atom. The molecule has 1 atom stereocenters. The van der Waals surface area contributed by atoms with Crippen LogP contribution in [0.15, 0.2) is 16.8 Å². The molecular weight excluding hydrogens is 260 g/mol. The molecular formula is C9H10N4O4S. The van der Waals surface area contributed by atoms with Crippen LogP contribution in [-0.2, 0) is 10.8 Å². The highest BCUT2D eigenvalue weighted by Crippen LogP contribution is 2.28. The first-order valence-corrected chi connectivity index (χ1v) is 6.76. The molecule has 1 aromatic carbocycles. The predicted octanol–water partition coefficient (Wildman–Crippen LogP) is 0.921. The fourth-order valence-corrected chi connectivity index (χ4v) is 1.86. The van der Waals surface area contributed by atoms with Gasteiger partial charge in [-0.3, -0.25) is 14.3 Å². The van der Waals surface area contributed by atoms with Crippen LogP contribution in [0.4, 0.5) is 11.4 Å². The Hall–Kier alpha value is -2.03. The zero-order valence-electron chi connectivity index (χ0n) is 9.45. The fourth-order valence-electron chi connectivity index (χ4n) is 1.47. The zero-order valence-corrected chi connectivity index (χ0v) is 10.3. The van der Waals surface area contributed by atoms with Crippen molar-refractivity contribution in [2.75, 3.05) is 23.9 Å². The van der Waals surface area contributed by atoms with Gasteiger partial charge in [0.15, 0.2) is 5.52 Å². The summed E-state index contributed by atoms with van der Waals surface area (Å²) < 4.78 is 15.4. The van der Waals surface area contributed by atoms with E-state index in [-0.39, 0.29) is 11.2 Å². The number of nitro benzene ring substituents is 1. The summed E-state index contributed by atoms with van der Waals surface area (Å²) in [4.78, 5) is 10.2. The van der Waals surface area contributed by atoms with E-state index in [9.17, 15) is 14.3 Å². The molecule has 9 heteroatoms. The predicted molar refractivity (Wildman–Crippen MR) is 65.9 cm³/mol. The van der Waals surface area contributed by atoms with Crippen LogP contribution in [0.5, 0.6) is 0 Å². The third kappa shape index (κ3) is 2.45. The second-order valence-electron chi connectivity index (χ2n) is 3.55. The quantitative estimate of drug-likeness (QED) is 0.635. The van der Waals surface area contributed by atoms with Crippen molar-refractivity contribution in [3.8, 4) is 0 Å². The molecule has 2 aromatic rings. The number of aromatic nitrogens is 2. The maximum Gasteiger partial charge on any atom is 0.300 e. The summed E-state index contributed by atoms with van der Waals surface area (Å²) in [5, 5.41) is 20.9. The van der Waals surface area contributed by atoms with Gasteiger partial charge in [0.2, 0.25) is 5.52 Å². The highest BCUT2D eigenvalue weighted by atomic mass is 32.2. The van der Waals surface area contributed by atoms with Crippen LogP contribution in [0.1, 0.15) is 0 Å². The van der Waals surface area contributed by atoms with E-state index >= 15 is 0 Å². The number of rotatable bonds is 5. The number of hydrogen-bond donors (Lipinski definition) is 1. The van der Waals surface area contributed by atoms with Crippen molar-refractivity contribution in [3.05, 3.63) is 22.2 Å². The lowest BCUT2D eigenvalue weighted by atomic mass is 10.2. The van der Waals surface area contributed by atoms with Crippen molar-refractivity contribution >= 4 is 33.2 Å². The Kier molecular flexibility index (Phi) is 3.51. The van der Waals surface area contributed by atoms with Gasteiger partial charge in [-0.2, -0.15) is 0 Å². The summed E-state index contributed by atoms with van der Waals surface area (Å²) in [6.07, 6.45) is 1.60. The number of benzene rings is 1. The first-order chi connectivity index (χ1) is 8.59. The lowest BCUT2D eigenvalue weighted by Gasteiger charge is -2.04. The Labute approximate surface area is 104 Å². The van der Waals surface area contributed by atoms with Crippen molar-refractivity contribution in [2.24, 2.45) is 0 Å². The van der Waals surface area contributed by atoms with E-state index in [1.165, 1.54) is 12.1 Å². The van der Waals surface area contributed by atoms with Crippen LogP contribution >= 0.6 is 0 Å². The Morgan fingerprint density at radius 1 is 1.44 bits per heavy atom. The van der Waals surface area contributed by atoms with Crippen LogP contribution in [0.2, 0.25) is 0 Å². The minimum atomic E-state index is -0.905. The van der Waals surface area contributed by atoms with Crippen molar-refractivity contribution in [2.45, 2.75) is 0 Å². The summed E-state index contributed by atoms with van der Waals surface area (Å²) >= 11 is 0. The highest BCUT2D eigenvalue weighted by molar-refractivity contribution is 7.84. The highest BCUT2D eigenvalue weighted by Gasteiger charge is 2.19. The van der Waals surface area contributed by atoms with Crippen LogP contribution in [-0.4, -0.2) is 38.0 Å². The summed E-state index contributed by atoms with van der Waals surface area (Å²) in [6, 6.07) is 2.86. The normalized spacial score (nSPS) is 12.5. The molecule has 0 saturated carbocycles. The van der Waals surface area contributed by atoms with Gasteiger partial charge in [0, 0.05) is 35.4 Å². The van der Waals surface area contributed by atoms with Crippen LogP contribution in [0.3, 0.4) is 0 Å². The van der Waals surface area contributed by atoms with Gasteiger partial charge < -0.3 is 5.32 Å². The average Bonchev–Trinajstić information content (AvgIpc) is 2.77. The molecule has 2 rings (SSSR count). The number of nitrogens with one attached hydrogen (secondary N) is 1. The molecule has 0 radical (unpaired) electrons. The van der Waals surface area contributed by atoms with Gasteiger partial charge >= 0.3 is 5.69 Å². The summed E-state index contributed by atoms with van der Waals surface area (Å²) in [7, 11) is -0.905. The average molecular weight is 270 g/mol. The van der Waals surface area contributed by atoms with E-state index < -0.39 is 15.7 Å². The van der Waals surface area contributed by atoms with Gasteiger partial charge in [0.1, 0.15) is 0 Å². The molecule has 0 aliphatic rings. The monoisotopic (exact) mass is 270 g/mol. The topological polar surface area (TPSA) is 111 Å². The molecule has 0 saturated heterocycles. The number of hydrogen-bond acceptors (Lipinski definition) is 7. The molecule has 0 fully saturated rings. The van der Waals surface area contributed by atoms with Gasteiger partial charge in [-0.15, -0.1) is 0 Å². The van der Waals surface area contributed by atoms with Crippen LogP contribution in [0.25, 0.3) is 11.0 Å². The van der Waals surface area contributed by atoms with Crippen LogP contribution in [0, 0.1) is 10.1 Å². The minimum Gasteiger partial charge on any atom is -0.382 e. The molecule has 8 nitrogen and oxygen atoms in total. The number of non-ortho nitro benzene ring substituents is 1. The molecule has 0 spiro atoms. The lowest BCUT2D eigenvalue weighted by molar-refractivity contribution is -0.383. The minimum absolute atomic E-state index is 0.0996. The van der Waals surface area contributed by atoms with Crippen molar-refractivity contribution in [3.63, 3.8) is 0 Å². The molecule has 1 aromatic heterocycles. The molecule has 1 N–H and O–H groups in total. The Bertz CT molecular complexity index is 612. The number of nitrogens with zero attached hydrogens (tertiary/aromatic N) is 3. The SMILES string of the molecule is CS(=O)CCNc1ccc([N+](=O)[O-])c2nonc12. The van der Waals surface area contributed by atoms with E-state index in [1.807, 2.05) is 0 Å². The molecule has 96 valence electrons. The maximum atomic E-state index is 10.9. The van der Waals surface area contributed by atoms with Gasteiger partial charge in [-0.05, 0) is 16.4 Å². The molecule has 0 bridgehead atoms. The van der Waals surface area contributed by atoms with Gasteiger partial charge in [0.05, 0.1) is 10.6 Å². The molecule has 1 heterocycles. The van der Waals surface area contributed by atoms with Crippen LogP contribution < -0.4 is 5.32 Å². The summed E-state index contributed by atoms with van der Waals surface area (Å²) in [6.45, 7) is 0.475. The number of nitro groups is 1. The van der Waals surface area contributed by atoms with E-state index in [0.29, 0.717) is 23.5 Å². The van der Waals surface area contributed by atoms with E-state index in [1.54, 1.807) is 6.26 Å². The first kappa shape index (κ1) is 12.4. The van der Waals surface area contributed by atoms with Crippen molar-refractivity contribution < 1.29 is 13.8 Å².